The van der Waals surface area contributed by atoms with Gasteiger partial charge < -0.3 is 14.6 Å². The summed E-state index contributed by atoms with van der Waals surface area (Å²) in [7, 11) is 2.46. The van der Waals surface area contributed by atoms with Crippen molar-refractivity contribution >= 4 is 34.6 Å². The number of carbonyl (C=O) groups excluding carboxylic acids is 1. The fraction of sp³-hybridized carbons (Fsp3) is 0.200. The predicted molar refractivity (Wildman–Crippen MR) is 85.8 cm³/mol. The minimum Gasteiger partial charge on any atom is -0.865 e. The highest BCUT2D eigenvalue weighted by Crippen LogP contribution is 2.36. The Morgan fingerprint density at radius 1 is 1.38 bits per heavy atom. The number of nitrogens with zero attached hydrogens (tertiary/aromatic N) is 2. The smallest absolute Gasteiger partial charge is 0.340 e. The molecular formula is C15H13N2O6S-. The molecule has 1 aromatic carbocycles. The molecule has 0 saturated heterocycles. The van der Waals surface area contributed by atoms with Crippen molar-refractivity contribution < 1.29 is 24.3 Å². The Bertz CT molecular complexity index is 827. The minimum atomic E-state index is -0.829. The summed E-state index contributed by atoms with van der Waals surface area (Å²) in [5.41, 5.74) is 0.473. The van der Waals surface area contributed by atoms with E-state index in [-0.39, 0.29) is 16.9 Å². The lowest BCUT2D eigenvalue weighted by Crippen LogP contribution is -2.04. The molecular weight excluding hydrogens is 336 g/mol. The van der Waals surface area contributed by atoms with E-state index in [0.29, 0.717) is 5.01 Å². The number of esters is 1. The third-order valence-electron chi connectivity index (χ3n) is 3.04. The number of nitro groups is 1. The van der Waals surface area contributed by atoms with E-state index < -0.39 is 22.3 Å². The zero-order valence-corrected chi connectivity index (χ0v) is 13.9. The molecule has 0 unspecified atom stereocenters. The Balaban J connectivity index is 2.62. The van der Waals surface area contributed by atoms with Gasteiger partial charge in [-0.05, 0) is 24.6 Å². The fourth-order valence-electron chi connectivity index (χ4n) is 1.94. The summed E-state index contributed by atoms with van der Waals surface area (Å²) in [5, 5.41) is 25.0. The van der Waals surface area contributed by atoms with Gasteiger partial charge in [-0.1, -0.05) is 0 Å². The molecule has 0 atom stereocenters. The van der Waals surface area contributed by atoms with Crippen LogP contribution in [0.3, 0.4) is 0 Å². The van der Waals surface area contributed by atoms with Gasteiger partial charge in [0.25, 0.3) is 5.69 Å². The molecule has 2 rings (SSSR count). The molecule has 0 radical (unpaired) electrons. The van der Waals surface area contributed by atoms with Crippen LogP contribution in [0.5, 0.6) is 11.5 Å². The van der Waals surface area contributed by atoms with Crippen LogP contribution in [-0.2, 0) is 9.53 Å². The van der Waals surface area contributed by atoms with Crippen LogP contribution in [-0.4, -0.2) is 30.1 Å². The average molecular weight is 349 g/mol. The first kappa shape index (κ1) is 17.4. The topological polar surface area (TPSA) is 115 Å². The van der Waals surface area contributed by atoms with Gasteiger partial charge in [-0.25, -0.2) is 9.78 Å². The van der Waals surface area contributed by atoms with E-state index in [1.54, 1.807) is 12.3 Å². The molecule has 1 aromatic heterocycles. The summed E-state index contributed by atoms with van der Waals surface area (Å²) in [6.07, 6.45) is 1.37. The predicted octanol–water partition coefficient (Wildman–Crippen LogP) is 2.16. The van der Waals surface area contributed by atoms with Gasteiger partial charge in [0.2, 0.25) is 0 Å². The van der Waals surface area contributed by atoms with Crippen LogP contribution < -0.4 is 9.84 Å². The van der Waals surface area contributed by atoms with Crippen molar-refractivity contribution in [3.8, 4) is 11.5 Å². The van der Waals surface area contributed by atoms with Crippen LogP contribution >= 0.6 is 11.3 Å². The minimum absolute atomic E-state index is 0.130. The van der Waals surface area contributed by atoms with Crippen molar-refractivity contribution in [3.05, 3.63) is 43.9 Å². The summed E-state index contributed by atoms with van der Waals surface area (Å²) < 4.78 is 9.62. The highest BCUT2D eigenvalue weighted by Gasteiger charge is 2.18. The Labute approximate surface area is 141 Å². The molecule has 0 aliphatic carbocycles. The summed E-state index contributed by atoms with van der Waals surface area (Å²) in [5.74, 6) is -1.66. The largest absolute Gasteiger partial charge is 0.865 e. The molecule has 0 aliphatic rings. The molecule has 126 valence electrons. The number of carbonyl (C=O) groups is 1. The van der Waals surface area contributed by atoms with E-state index in [4.69, 9.17) is 9.47 Å². The lowest BCUT2D eigenvalue weighted by Gasteiger charge is -2.13. The number of hydrogen-bond acceptors (Lipinski definition) is 8. The maximum atomic E-state index is 12.0. The van der Waals surface area contributed by atoms with E-state index >= 15 is 0 Å². The quantitative estimate of drug-likeness (QED) is 0.351. The molecule has 0 fully saturated rings. The molecule has 0 spiro atoms. The SMILES string of the molecule is COC(=O)/C(=C\c1cc(OC)c([O-])c([N+](=O)[O-])c1)c1nc(C)cs1. The van der Waals surface area contributed by atoms with Crippen LogP contribution in [0, 0.1) is 17.0 Å². The number of aromatic nitrogens is 1. The summed E-state index contributed by atoms with van der Waals surface area (Å²) >= 11 is 1.24. The number of aryl methyl sites for hydroxylation is 1. The molecule has 24 heavy (non-hydrogen) atoms. The van der Waals surface area contributed by atoms with Crippen LogP contribution in [0.1, 0.15) is 16.3 Å². The Kier molecular flexibility index (Phi) is 5.14. The van der Waals surface area contributed by atoms with Gasteiger partial charge in [-0.15, -0.1) is 11.3 Å². The number of benzene rings is 1. The van der Waals surface area contributed by atoms with Gasteiger partial charge in [0, 0.05) is 22.9 Å². The van der Waals surface area contributed by atoms with E-state index in [2.05, 4.69) is 4.98 Å². The Hall–Kier alpha value is -2.94. The van der Waals surface area contributed by atoms with Crippen molar-refractivity contribution in [2.75, 3.05) is 14.2 Å². The van der Waals surface area contributed by atoms with E-state index in [1.165, 1.54) is 37.7 Å². The number of thiazole rings is 1. The van der Waals surface area contributed by atoms with E-state index in [1.807, 2.05) is 0 Å². The molecule has 0 aliphatic heterocycles. The monoisotopic (exact) mass is 349 g/mol. The molecule has 0 saturated carbocycles. The summed E-state index contributed by atoms with van der Waals surface area (Å²) in [4.78, 5) is 26.5. The fourth-order valence-corrected chi connectivity index (χ4v) is 2.74. The van der Waals surface area contributed by atoms with Crippen molar-refractivity contribution in [2.45, 2.75) is 6.92 Å². The number of ether oxygens (including phenoxy) is 2. The Morgan fingerprint density at radius 2 is 2.08 bits per heavy atom. The third kappa shape index (κ3) is 3.51. The lowest BCUT2D eigenvalue weighted by atomic mass is 10.1. The van der Waals surface area contributed by atoms with Gasteiger partial charge in [0.1, 0.15) is 10.8 Å². The molecule has 8 nitrogen and oxygen atoms in total. The van der Waals surface area contributed by atoms with Gasteiger partial charge in [0.05, 0.1) is 24.7 Å². The molecule has 9 heteroatoms. The average Bonchev–Trinajstić information content (AvgIpc) is 2.98. The van der Waals surface area contributed by atoms with Crippen LogP contribution in [0.2, 0.25) is 0 Å². The summed E-state index contributed by atoms with van der Waals surface area (Å²) in [6.45, 7) is 1.77. The second-order valence-corrected chi connectivity index (χ2v) is 5.53. The van der Waals surface area contributed by atoms with Crippen LogP contribution in [0.4, 0.5) is 5.69 Å². The first-order valence-corrected chi connectivity index (χ1v) is 7.51. The van der Waals surface area contributed by atoms with Crippen molar-refractivity contribution in [1.29, 1.82) is 0 Å². The number of rotatable bonds is 5. The summed E-state index contributed by atoms with van der Waals surface area (Å²) in [6, 6.07) is 2.40. The molecule has 2 aromatic rings. The molecule has 0 N–H and O–H groups in total. The first-order valence-electron chi connectivity index (χ1n) is 6.63. The van der Waals surface area contributed by atoms with Crippen LogP contribution in [0.25, 0.3) is 11.6 Å². The highest BCUT2D eigenvalue weighted by atomic mass is 32.1. The van der Waals surface area contributed by atoms with E-state index in [0.717, 1.165) is 11.8 Å². The lowest BCUT2D eigenvalue weighted by molar-refractivity contribution is -0.398. The first-order chi connectivity index (χ1) is 11.4. The van der Waals surface area contributed by atoms with Crippen LogP contribution in [0.15, 0.2) is 17.5 Å². The van der Waals surface area contributed by atoms with Gasteiger partial charge >= 0.3 is 5.97 Å². The molecule has 1 heterocycles. The number of hydrogen-bond donors (Lipinski definition) is 0. The van der Waals surface area contributed by atoms with E-state index in [9.17, 15) is 20.0 Å². The maximum Gasteiger partial charge on any atom is 0.340 e. The Morgan fingerprint density at radius 3 is 2.58 bits per heavy atom. The number of nitro benzene ring substituents is 1. The van der Waals surface area contributed by atoms with Gasteiger partial charge in [0.15, 0.2) is 0 Å². The van der Waals surface area contributed by atoms with Crippen molar-refractivity contribution in [3.63, 3.8) is 0 Å². The second-order valence-electron chi connectivity index (χ2n) is 4.67. The highest BCUT2D eigenvalue weighted by molar-refractivity contribution is 7.11. The number of methoxy groups -OCH3 is 2. The third-order valence-corrected chi connectivity index (χ3v) is 4.03. The van der Waals surface area contributed by atoms with Crippen molar-refractivity contribution in [1.82, 2.24) is 4.98 Å². The standard InChI is InChI=1S/C15H14N2O6S/c1-8-7-24-14(16-8)10(15(19)23-3)4-9-5-11(17(20)21)13(18)12(6-9)22-2/h4-7,18H,1-3H3/p-1/b10-4-. The zero-order chi connectivity index (χ0) is 17.9. The van der Waals surface area contributed by atoms with Gasteiger partial charge in [-0.3, -0.25) is 10.1 Å². The maximum absolute atomic E-state index is 12.0. The normalized spacial score (nSPS) is 11.2. The zero-order valence-electron chi connectivity index (χ0n) is 13.1. The van der Waals surface area contributed by atoms with Gasteiger partial charge in [-0.2, -0.15) is 0 Å². The second kappa shape index (κ2) is 7.09. The molecule has 0 bridgehead atoms. The molecule has 0 amide bonds. The van der Waals surface area contributed by atoms with Crippen molar-refractivity contribution in [2.24, 2.45) is 0 Å².